The summed E-state index contributed by atoms with van der Waals surface area (Å²) in [6, 6.07) is 19.1. The van der Waals surface area contributed by atoms with E-state index in [1.165, 1.54) is 5.56 Å². The van der Waals surface area contributed by atoms with E-state index >= 15 is 0 Å². The minimum atomic E-state index is -0.481. The molecule has 1 saturated carbocycles. The van der Waals surface area contributed by atoms with Crippen LogP contribution in [0.15, 0.2) is 89.9 Å². The van der Waals surface area contributed by atoms with E-state index in [1.807, 2.05) is 42.5 Å². The quantitative estimate of drug-likeness (QED) is 0.218. The summed E-state index contributed by atoms with van der Waals surface area (Å²) < 4.78 is 16.6. The molecule has 1 fully saturated rings. The molecular weight excluding hydrogens is 428 g/mol. The first-order valence-corrected chi connectivity index (χ1v) is 11.4. The average Bonchev–Trinajstić information content (AvgIpc) is 3.35. The maximum Gasteiger partial charge on any atom is 0.338 e. The lowest BCUT2D eigenvalue weighted by Crippen LogP contribution is -2.12. The number of hydrogen-bond acceptors (Lipinski definition) is 5. The van der Waals surface area contributed by atoms with Gasteiger partial charge >= 0.3 is 11.9 Å². The number of rotatable bonds is 7. The van der Waals surface area contributed by atoms with E-state index in [0.717, 1.165) is 48.8 Å². The Balaban J connectivity index is 1.33. The molecule has 5 nitrogen and oxygen atoms in total. The Morgan fingerprint density at radius 2 is 1.44 bits per heavy atom. The summed E-state index contributed by atoms with van der Waals surface area (Å²) in [5.41, 5.74) is 2.59. The molecule has 0 N–H and O–H groups in total. The monoisotopic (exact) mass is 456 g/mol. The van der Waals surface area contributed by atoms with E-state index in [4.69, 9.17) is 13.9 Å². The molecule has 34 heavy (non-hydrogen) atoms. The summed E-state index contributed by atoms with van der Waals surface area (Å²) in [4.78, 5) is 23.0. The van der Waals surface area contributed by atoms with E-state index in [-0.39, 0.29) is 0 Å². The van der Waals surface area contributed by atoms with Gasteiger partial charge in [-0.25, -0.2) is 9.59 Å². The standard InChI is InChI=1S/C29H28O5/c1-4-28(30)32-24-15-11-23(12-16-24)27-18-17-26(34-27)22-7-5-20(6-8-22)21-9-13-25(14-10-21)33-29(31)19(2)3/h4,9-18,20,22H,1-2,5-8H2,3H3. The van der Waals surface area contributed by atoms with Crippen molar-refractivity contribution in [1.82, 2.24) is 0 Å². The molecule has 1 aliphatic carbocycles. The highest BCUT2D eigenvalue weighted by Crippen LogP contribution is 2.42. The Morgan fingerprint density at radius 1 is 0.853 bits per heavy atom. The zero-order valence-electron chi connectivity index (χ0n) is 19.3. The lowest BCUT2D eigenvalue weighted by molar-refractivity contribution is -0.130. The molecule has 0 spiro atoms. The van der Waals surface area contributed by atoms with Crippen LogP contribution in [0.5, 0.6) is 11.5 Å². The van der Waals surface area contributed by atoms with E-state index in [9.17, 15) is 9.59 Å². The molecule has 174 valence electrons. The van der Waals surface area contributed by atoms with Crippen molar-refractivity contribution < 1.29 is 23.5 Å². The van der Waals surface area contributed by atoms with Crippen LogP contribution < -0.4 is 9.47 Å². The molecule has 0 aliphatic heterocycles. The predicted molar refractivity (Wildman–Crippen MR) is 131 cm³/mol. The van der Waals surface area contributed by atoms with Crippen LogP contribution in [0.1, 0.15) is 55.8 Å². The van der Waals surface area contributed by atoms with Gasteiger partial charge in [0.2, 0.25) is 0 Å². The number of ether oxygens (including phenoxy) is 2. The van der Waals surface area contributed by atoms with Crippen molar-refractivity contribution in [2.75, 3.05) is 0 Å². The molecule has 1 heterocycles. The van der Waals surface area contributed by atoms with E-state index < -0.39 is 11.9 Å². The van der Waals surface area contributed by atoms with Crippen molar-refractivity contribution in [2.45, 2.75) is 44.4 Å². The Labute approximate surface area is 199 Å². The third kappa shape index (κ3) is 5.54. The van der Waals surface area contributed by atoms with Gasteiger partial charge in [-0.1, -0.05) is 25.3 Å². The van der Waals surface area contributed by atoms with Gasteiger partial charge in [-0.15, -0.1) is 0 Å². The second kappa shape index (κ2) is 10.4. The van der Waals surface area contributed by atoms with Gasteiger partial charge in [0.05, 0.1) is 0 Å². The molecular formula is C29H28O5. The predicted octanol–water partition coefficient (Wildman–Crippen LogP) is 6.96. The van der Waals surface area contributed by atoms with Crippen LogP contribution in [0.2, 0.25) is 0 Å². The van der Waals surface area contributed by atoms with E-state index in [0.29, 0.717) is 28.9 Å². The van der Waals surface area contributed by atoms with Crippen LogP contribution in [0, 0.1) is 0 Å². The summed E-state index contributed by atoms with van der Waals surface area (Å²) in [7, 11) is 0. The second-order valence-electron chi connectivity index (χ2n) is 8.64. The van der Waals surface area contributed by atoms with Gasteiger partial charge in [0, 0.05) is 23.1 Å². The zero-order valence-corrected chi connectivity index (χ0v) is 19.3. The second-order valence-corrected chi connectivity index (χ2v) is 8.64. The molecule has 0 radical (unpaired) electrons. The van der Waals surface area contributed by atoms with Gasteiger partial charge in [-0.3, -0.25) is 0 Å². The lowest BCUT2D eigenvalue weighted by atomic mass is 9.78. The molecule has 4 rings (SSSR count). The summed E-state index contributed by atoms with van der Waals surface area (Å²) in [5.74, 6) is 2.83. The molecule has 0 saturated heterocycles. The highest BCUT2D eigenvalue weighted by atomic mass is 16.5. The SMILES string of the molecule is C=CC(=O)Oc1ccc(-c2ccc(C3CCC(c4ccc(OC(=O)C(=C)C)cc4)CC3)o2)cc1. The van der Waals surface area contributed by atoms with Gasteiger partial charge in [0.25, 0.3) is 0 Å². The van der Waals surface area contributed by atoms with E-state index in [1.54, 1.807) is 19.1 Å². The van der Waals surface area contributed by atoms with Crippen molar-refractivity contribution in [1.29, 1.82) is 0 Å². The van der Waals surface area contributed by atoms with E-state index in [2.05, 4.69) is 19.2 Å². The fourth-order valence-corrected chi connectivity index (χ4v) is 4.29. The Morgan fingerprint density at radius 3 is 2.06 bits per heavy atom. The number of benzene rings is 2. The normalized spacial score (nSPS) is 17.6. The fraction of sp³-hybridized carbons (Fsp3) is 0.241. The third-order valence-electron chi connectivity index (χ3n) is 6.19. The third-order valence-corrected chi connectivity index (χ3v) is 6.19. The first-order chi connectivity index (χ1) is 16.4. The van der Waals surface area contributed by atoms with Gasteiger partial charge in [0.15, 0.2) is 0 Å². The summed E-state index contributed by atoms with van der Waals surface area (Å²) in [5, 5.41) is 0. The van der Waals surface area contributed by atoms with Crippen LogP contribution >= 0.6 is 0 Å². The molecule has 0 bridgehead atoms. The van der Waals surface area contributed by atoms with Crippen molar-refractivity contribution >= 4 is 11.9 Å². The molecule has 1 aromatic heterocycles. The highest BCUT2D eigenvalue weighted by Gasteiger charge is 2.25. The number of hydrogen-bond donors (Lipinski definition) is 0. The summed E-state index contributed by atoms with van der Waals surface area (Å²) in [6.07, 6.45) is 5.41. The van der Waals surface area contributed by atoms with Crippen LogP contribution in [-0.4, -0.2) is 11.9 Å². The largest absolute Gasteiger partial charge is 0.461 e. The molecule has 5 heteroatoms. The zero-order chi connectivity index (χ0) is 24.1. The van der Waals surface area contributed by atoms with Crippen LogP contribution in [0.25, 0.3) is 11.3 Å². The fourth-order valence-electron chi connectivity index (χ4n) is 4.29. The topological polar surface area (TPSA) is 65.7 Å². The Bertz CT molecular complexity index is 1180. The maximum absolute atomic E-state index is 11.7. The highest BCUT2D eigenvalue weighted by molar-refractivity contribution is 5.88. The smallest absolute Gasteiger partial charge is 0.338 e. The molecule has 3 aromatic rings. The van der Waals surface area contributed by atoms with Crippen molar-refractivity contribution in [3.8, 4) is 22.8 Å². The Kier molecular flexibility index (Phi) is 7.12. The average molecular weight is 457 g/mol. The van der Waals surface area contributed by atoms with Crippen molar-refractivity contribution in [2.24, 2.45) is 0 Å². The molecule has 1 aliphatic rings. The number of carbonyl (C=O) groups is 2. The minimum absolute atomic E-state index is 0.384. The number of esters is 2. The van der Waals surface area contributed by atoms with Crippen molar-refractivity contribution in [3.05, 3.63) is 96.8 Å². The summed E-state index contributed by atoms with van der Waals surface area (Å²) in [6.45, 7) is 8.64. The van der Waals surface area contributed by atoms with Crippen LogP contribution in [0.3, 0.4) is 0 Å². The van der Waals surface area contributed by atoms with Crippen molar-refractivity contribution in [3.63, 3.8) is 0 Å². The van der Waals surface area contributed by atoms with Gasteiger partial charge in [-0.2, -0.15) is 0 Å². The molecule has 2 aromatic carbocycles. The van der Waals surface area contributed by atoms with Gasteiger partial charge in [0.1, 0.15) is 23.0 Å². The summed E-state index contributed by atoms with van der Waals surface area (Å²) >= 11 is 0. The van der Waals surface area contributed by atoms with Crippen LogP contribution in [0.4, 0.5) is 0 Å². The first kappa shape index (κ1) is 23.3. The molecule has 0 amide bonds. The minimum Gasteiger partial charge on any atom is -0.461 e. The number of carbonyl (C=O) groups excluding carboxylic acids is 2. The lowest BCUT2D eigenvalue weighted by Gasteiger charge is -2.27. The maximum atomic E-state index is 11.7. The number of furan rings is 1. The van der Waals surface area contributed by atoms with Gasteiger partial charge < -0.3 is 13.9 Å². The first-order valence-electron chi connectivity index (χ1n) is 11.4. The molecule has 0 unspecified atom stereocenters. The van der Waals surface area contributed by atoms with Gasteiger partial charge in [-0.05, 0) is 92.6 Å². The van der Waals surface area contributed by atoms with Crippen LogP contribution in [-0.2, 0) is 9.59 Å². The molecule has 0 atom stereocenters. The Hall–Kier alpha value is -3.86.